The number of amides is 2. The summed E-state index contributed by atoms with van der Waals surface area (Å²) in [5.41, 5.74) is 1.40. The molecular formula is C25H30N6O12P2. The molecule has 7 atom stereocenters. The molecule has 1 aromatic carbocycles. The molecule has 2 fully saturated rings. The molecule has 0 saturated carbocycles. The molecule has 18 nitrogen and oxygen atoms in total. The number of phosphoric acid groups is 1. The highest BCUT2D eigenvalue weighted by Gasteiger charge is 2.54. The van der Waals surface area contributed by atoms with Crippen molar-refractivity contribution in [3.8, 4) is 0 Å². The number of carboxylic acids is 1. The first-order valence-corrected chi connectivity index (χ1v) is 16.8. The number of urea groups is 1. The topological polar surface area (TPSA) is 243 Å². The van der Waals surface area contributed by atoms with Gasteiger partial charge in [-0.2, -0.15) is 0 Å². The van der Waals surface area contributed by atoms with E-state index in [9.17, 15) is 28.5 Å². The van der Waals surface area contributed by atoms with Crippen molar-refractivity contribution in [2.45, 2.75) is 44.2 Å². The van der Waals surface area contributed by atoms with Gasteiger partial charge in [0.15, 0.2) is 29.5 Å². The van der Waals surface area contributed by atoms with E-state index < -0.39 is 77.4 Å². The Morgan fingerprint density at radius 1 is 1.09 bits per heavy atom. The Bertz CT molecular complexity index is 1660. The highest BCUT2D eigenvalue weighted by molar-refractivity contribution is 7.64. The van der Waals surface area contributed by atoms with Crippen LogP contribution in [-0.2, 0) is 37.0 Å². The van der Waals surface area contributed by atoms with Crippen LogP contribution in [0.2, 0.25) is 0 Å². The Morgan fingerprint density at radius 3 is 2.58 bits per heavy atom. The summed E-state index contributed by atoms with van der Waals surface area (Å²) >= 11 is 0. The Hall–Kier alpha value is -3.57. The number of phosphoric ester groups is 1. The van der Waals surface area contributed by atoms with Crippen LogP contribution >= 0.6 is 15.4 Å². The molecule has 4 heterocycles. The number of nitrogens with one attached hydrogen (secondary N) is 2. The lowest BCUT2D eigenvalue weighted by molar-refractivity contribution is -0.136. The SMILES string of the molecule is CCNC(=O)Nc1ncnc2c1ncn2[C@@H]1O[C@H](COP(=O)(O)OP(=O)(O)CCC(=O)O)C2O[C@H](/C=C/c3ccccc3)O[C@@H]21. The largest absolute Gasteiger partial charge is 0.481 e. The number of aliphatic carboxylic acids is 1. The minimum Gasteiger partial charge on any atom is -0.481 e. The fourth-order valence-electron chi connectivity index (χ4n) is 4.63. The lowest BCUT2D eigenvalue weighted by Crippen LogP contribution is -2.31. The molecule has 2 aliphatic rings. The number of hydrogen-bond acceptors (Lipinski definition) is 12. The van der Waals surface area contributed by atoms with Gasteiger partial charge in [0.25, 0.3) is 0 Å². The van der Waals surface area contributed by atoms with Crippen LogP contribution in [0.25, 0.3) is 17.2 Å². The van der Waals surface area contributed by atoms with Crippen LogP contribution in [0.4, 0.5) is 10.6 Å². The zero-order chi connectivity index (χ0) is 32.2. The van der Waals surface area contributed by atoms with Crippen LogP contribution in [0.15, 0.2) is 49.1 Å². The number of benzene rings is 1. The van der Waals surface area contributed by atoms with E-state index >= 15 is 0 Å². The van der Waals surface area contributed by atoms with Crippen molar-refractivity contribution in [1.82, 2.24) is 24.8 Å². The zero-order valence-electron chi connectivity index (χ0n) is 23.6. The Balaban J connectivity index is 1.37. The number of carbonyl (C=O) groups is 2. The molecule has 3 unspecified atom stereocenters. The number of fused-ring (bicyclic) bond motifs is 2. The average Bonchev–Trinajstić information content (AvgIpc) is 3.68. The van der Waals surface area contributed by atoms with E-state index in [2.05, 4.69) is 29.9 Å². The van der Waals surface area contributed by atoms with Crippen LogP contribution in [0.3, 0.4) is 0 Å². The molecule has 2 aromatic heterocycles. The minimum atomic E-state index is -5.16. The van der Waals surface area contributed by atoms with Crippen LogP contribution in [0, 0.1) is 0 Å². The lowest BCUT2D eigenvalue weighted by Gasteiger charge is -2.21. The highest BCUT2D eigenvalue weighted by Crippen LogP contribution is 2.60. The van der Waals surface area contributed by atoms with Gasteiger partial charge in [0.2, 0.25) is 0 Å². The van der Waals surface area contributed by atoms with Gasteiger partial charge in [0, 0.05) is 6.54 Å². The monoisotopic (exact) mass is 668 g/mol. The molecule has 3 aromatic rings. The molecule has 0 bridgehead atoms. The van der Waals surface area contributed by atoms with Gasteiger partial charge in [-0.1, -0.05) is 36.4 Å². The fourth-order valence-corrected chi connectivity index (χ4v) is 7.25. The van der Waals surface area contributed by atoms with Crippen molar-refractivity contribution in [2.24, 2.45) is 0 Å². The molecule has 0 radical (unpaired) electrons. The highest BCUT2D eigenvalue weighted by atomic mass is 31.3. The third kappa shape index (κ3) is 8.18. The third-order valence-electron chi connectivity index (χ3n) is 6.56. The van der Waals surface area contributed by atoms with Crippen LogP contribution in [-0.4, -0.2) is 90.3 Å². The first-order chi connectivity index (χ1) is 21.4. The van der Waals surface area contributed by atoms with E-state index in [1.54, 1.807) is 19.1 Å². The maximum atomic E-state index is 12.5. The molecule has 20 heteroatoms. The van der Waals surface area contributed by atoms with E-state index in [0.29, 0.717) is 6.54 Å². The van der Waals surface area contributed by atoms with Gasteiger partial charge in [-0.15, -0.1) is 0 Å². The van der Waals surface area contributed by atoms with E-state index in [1.807, 2.05) is 30.3 Å². The number of ether oxygens (including phenoxy) is 3. The predicted molar refractivity (Wildman–Crippen MR) is 155 cm³/mol. The number of nitrogens with zero attached hydrogens (tertiary/aromatic N) is 4. The van der Waals surface area contributed by atoms with E-state index in [4.69, 9.17) is 23.8 Å². The number of carboxylic acid groups (broad SMARTS) is 1. The summed E-state index contributed by atoms with van der Waals surface area (Å²) in [4.78, 5) is 55.5. The molecule has 5 rings (SSSR count). The summed E-state index contributed by atoms with van der Waals surface area (Å²) in [7, 11) is -9.94. The molecule has 2 saturated heterocycles. The summed E-state index contributed by atoms with van der Waals surface area (Å²) in [5.74, 6) is -1.25. The summed E-state index contributed by atoms with van der Waals surface area (Å²) < 4.78 is 53.9. The maximum absolute atomic E-state index is 12.5. The first kappa shape index (κ1) is 32.8. The molecular weight excluding hydrogens is 638 g/mol. The average molecular weight is 668 g/mol. The Morgan fingerprint density at radius 2 is 1.84 bits per heavy atom. The van der Waals surface area contributed by atoms with Crippen molar-refractivity contribution in [3.05, 3.63) is 54.6 Å². The molecule has 2 amide bonds. The van der Waals surface area contributed by atoms with Crippen LogP contribution < -0.4 is 10.6 Å². The molecule has 0 aliphatic carbocycles. The molecule has 45 heavy (non-hydrogen) atoms. The van der Waals surface area contributed by atoms with Crippen LogP contribution in [0.1, 0.15) is 25.1 Å². The first-order valence-electron chi connectivity index (χ1n) is 13.6. The number of carbonyl (C=O) groups excluding carboxylic acids is 1. The van der Waals surface area contributed by atoms with Crippen molar-refractivity contribution in [3.63, 3.8) is 0 Å². The molecule has 0 spiro atoms. The number of aromatic nitrogens is 4. The molecule has 5 N–H and O–H groups in total. The predicted octanol–water partition coefficient (Wildman–Crippen LogP) is 2.48. The standard InChI is InChI=1S/C25H30N6O12P2/c1-2-26-25(34)30-22-19-23(28-13-27-22)31(14-29-19)24-21-20(41-18(42-21)9-8-15-6-4-3-5-7-15)16(40-24)12-39-45(37,38)43-44(35,36)11-10-17(32)33/h3-9,13-14,16,18,20-21,24H,2,10-12H2,1H3,(H,32,33)(H,35,36)(H,37,38)(H2,26,27,28,30,34)/b9-8+/t16-,18+,20?,21+,24-/m1/s1. The second-order valence-electron chi connectivity index (χ2n) is 9.79. The molecule has 2 aliphatic heterocycles. The van der Waals surface area contributed by atoms with Crippen molar-refractivity contribution >= 4 is 50.5 Å². The summed E-state index contributed by atoms with van der Waals surface area (Å²) in [6, 6.07) is 8.88. The number of rotatable bonds is 13. The van der Waals surface area contributed by atoms with Gasteiger partial charge >= 0.3 is 27.4 Å². The second kappa shape index (κ2) is 13.8. The smallest absolute Gasteiger partial charge is 0.479 e. The summed E-state index contributed by atoms with van der Waals surface area (Å²) in [6.45, 7) is 1.50. The normalized spacial score (nSPS) is 25.5. The maximum Gasteiger partial charge on any atom is 0.479 e. The summed E-state index contributed by atoms with van der Waals surface area (Å²) in [6.07, 6.45) is -0.170. The van der Waals surface area contributed by atoms with Crippen molar-refractivity contribution in [1.29, 1.82) is 0 Å². The number of anilines is 1. The zero-order valence-corrected chi connectivity index (χ0v) is 25.4. The van der Waals surface area contributed by atoms with E-state index in [1.165, 1.54) is 17.2 Å². The number of imidazole rings is 1. The third-order valence-corrected chi connectivity index (χ3v) is 9.67. The minimum absolute atomic E-state index is 0.140. The Kier molecular flexibility index (Phi) is 10.1. The van der Waals surface area contributed by atoms with Gasteiger partial charge in [-0.3, -0.25) is 23.8 Å². The van der Waals surface area contributed by atoms with Crippen molar-refractivity contribution < 1.29 is 56.7 Å². The van der Waals surface area contributed by atoms with Gasteiger partial charge in [0.1, 0.15) is 24.6 Å². The van der Waals surface area contributed by atoms with E-state index in [-0.39, 0.29) is 17.0 Å². The van der Waals surface area contributed by atoms with Gasteiger partial charge in [-0.05, 0) is 18.6 Å². The number of hydrogen-bond donors (Lipinski definition) is 5. The van der Waals surface area contributed by atoms with Crippen molar-refractivity contribution in [2.75, 3.05) is 24.6 Å². The summed E-state index contributed by atoms with van der Waals surface area (Å²) in [5, 5.41) is 13.9. The van der Waals surface area contributed by atoms with Crippen LogP contribution in [0.5, 0.6) is 0 Å². The van der Waals surface area contributed by atoms with Gasteiger partial charge in [-0.25, -0.2) is 28.6 Å². The fraction of sp³-hybridized carbons (Fsp3) is 0.400. The quantitative estimate of drug-likeness (QED) is 0.164. The Labute approximate surface area is 255 Å². The van der Waals surface area contributed by atoms with Gasteiger partial charge in [0.05, 0.1) is 25.5 Å². The molecule has 242 valence electrons. The lowest BCUT2D eigenvalue weighted by atomic mass is 10.1. The van der Waals surface area contributed by atoms with E-state index in [0.717, 1.165) is 5.56 Å². The van der Waals surface area contributed by atoms with Gasteiger partial charge < -0.3 is 34.4 Å². The second-order valence-corrected chi connectivity index (χ2v) is 13.4.